The van der Waals surface area contributed by atoms with Crippen LogP contribution in [0.3, 0.4) is 0 Å². The van der Waals surface area contributed by atoms with Crippen LogP contribution >= 0.6 is 11.6 Å². The number of rotatable bonds is 5. The van der Waals surface area contributed by atoms with Crippen LogP contribution < -0.4 is 14.9 Å². The Morgan fingerprint density at radius 3 is 2.93 bits per heavy atom. The zero-order chi connectivity index (χ0) is 18.8. The Kier molecular flexibility index (Phi) is 5.38. The monoisotopic (exact) mass is 391 g/mol. The molecule has 2 aromatic rings. The molecule has 1 aromatic heterocycles. The number of aromatic nitrogens is 1. The molecule has 0 spiro atoms. The maximum absolute atomic E-state index is 12.6. The zero-order valence-corrected chi connectivity index (χ0v) is 16.0. The number of alkyl halides is 1. The van der Waals surface area contributed by atoms with Crippen molar-refractivity contribution < 1.29 is 18.9 Å². The van der Waals surface area contributed by atoms with Gasteiger partial charge in [-0.15, -0.1) is 0 Å². The number of benzene rings is 1. The van der Waals surface area contributed by atoms with E-state index in [1.807, 2.05) is 25.1 Å². The number of hydrogen-bond donors (Lipinski definition) is 0. The van der Waals surface area contributed by atoms with Crippen molar-refractivity contribution >= 4 is 11.6 Å². The van der Waals surface area contributed by atoms with Gasteiger partial charge in [0.2, 0.25) is 0 Å². The van der Waals surface area contributed by atoms with Gasteiger partial charge in [0, 0.05) is 23.7 Å². The van der Waals surface area contributed by atoms with Gasteiger partial charge in [0.25, 0.3) is 0 Å². The van der Waals surface area contributed by atoms with E-state index in [0.717, 1.165) is 35.5 Å². The Balaban J connectivity index is 1.67. The van der Waals surface area contributed by atoms with Crippen LogP contribution in [0, 0.1) is 6.92 Å². The van der Waals surface area contributed by atoms with Crippen molar-refractivity contribution in [2.75, 3.05) is 32.5 Å². The van der Waals surface area contributed by atoms with E-state index in [0.29, 0.717) is 37.9 Å². The fourth-order valence-corrected chi connectivity index (χ4v) is 3.75. The van der Waals surface area contributed by atoms with E-state index in [-0.39, 0.29) is 17.6 Å². The van der Waals surface area contributed by atoms with Crippen LogP contribution in [0.15, 0.2) is 29.1 Å². The summed E-state index contributed by atoms with van der Waals surface area (Å²) in [5.41, 5.74) is 3.75. The molecule has 0 radical (unpaired) electrons. The molecule has 3 heterocycles. The summed E-state index contributed by atoms with van der Waals surface area (Å²) in [6.07, 6.45) is 0.710. The van der Waals surface area contributed by atoms with E-state index in [9.17, 15) is 4.79 Å². The quantitative estimate of drug-likeness (QED) is 0.733. The lowest BCUT2D eigenvalue weighted by Crippen LogP contribution is -2.34. The molecule has 27 heavy (non-hydrogen) atoms. The van der Waals surface area contributed by atoms with Crippen LogP contribution in [0.25, 0.3) is 11.3 Å². The van der Waals surface area contributed by atoms with Crippen LogP contribution in [-0.4, -0.2) is 43.2 Å². The molecule has 1 aromatic carbocycles. The second-order valence-electron chi connectivity index (χ2n) is 6.67. The molecular weight excluding hydrogens is 370 g/mol. The minimum Gasteiger partial charge on any atom is -0.478 e. The van der Waals surface area contributed by atoms with Crippen molar-refractivity contribution in [1.82, 2.24) is 4.57 Å². The van der Waals surface area contributed by atoms with E-state index >= 15 is 0 Å². The molecule has 0 aliphatic carbocycles. The van der Waals surface area contributed by atoms with Crippen LogP contribution in [0.2, 0.25) is 0 Å². The van der Waals surface area contributed by atoms with Gasteiger partial charge in [-0.1, -0.05) is 11.6 Å². The predicted molar refractivity (Wildman–Crippen MR) is 102 cm³/mol. The fraction of sp³-hybridized carbons (Fsp3) is 0.450. The average Bonchev–Trinajstić information content (AvgIpc) is 2.70. The Hall–Kier alpha value is -2.02. The number of ether oxygens (including phenoxy) is 4. The van der Waals surface area contributed by atoms with E-state index in [1.54, 1.807) is 6.07 Å². The summed E-state index contributed by atoms with van der Waals surface area (Å²) in [7, 11) is 0. The summed E-state index contributed by atoms with van der Waals surface area (Å²) in [4.78, 5) is 12.6. The molecule has 2 aliphatic rings. The number of pyridine rings is 1. The molecule has 7 heteroatoms. The molecule has 0 amide bonds. The van der Waals surface area contributed by atoms with Gasteiger partial charge in [0.15, 0.2) is 17.4 Å². The number of halogens is 1. The molecule has 1 fully saturated rings. The summed E-state index contributed by atoms with van der Waals surface area (Å²) < 4.78 is 24.5. The first-order valence-electron chi connectivity index (χ1n) is 9.06. The molecule has 144 valence electrons. The van der Waals surface area contributed by atoms with Gasteiger partial charge >= 0.3 is 0 Å². The summed E-state index contributed by atoms with van der Waals surface area (Å²) >= 11 is 5.66. The first kappa shape index (κ1) is 18.3. The van der Waals surface area contributed by atoms with E-state index in [1.165, 1.54) is 0 Å². The molecule has 0 unspecified atom stereocenters. The van der Waals surface area contributed by atoms with Crippen molar-refractivity contribution in [1.29, 1.82) is 0 Å². The Labute approximate surface area is 162 Å². The second-order valence-corrected chi connectivity index (χ2v) is 6.89. The van der Waals surface area contributed by atoms with Gasteiger partial charge < -0.3 is 23.5 Å². The first-order valence-corrected chi connectivity index (χ1v) is 9.59. The molecule has 6 nitrogen and oxygen atoms in total. The van der Waals surface area contributed by atoms with Gasteiger partial charge in [0.1, 0.15) is 18.5 Å². The highest BCUT2D eigenvalue weighted by Gasteiger charge is 2.23. The van der Waals surface area contributed by atoms with Gasteiger partial charge in [-0.25, -0.2) is 0 Å². The third kappa shape index (κ3) is 3.70. The molecule has 2 aliphatic heterocycles. The standard InChI is InChI=1S/C20H22ClNO5/c1-13-18(23)9-19(26-11-16-10-24-6-7-25-16)22-5-4-14-8-15(27-12-21)2-3-17(14)20(13)22/h2-3,8-9,16H,4-7,10-12H2,1H3/t16-/m0/s1. The van der Waals surface area contributed by atoms with Gasteiger partial charge in [0.05, 0.1) is 25.5 Å². The third-order valence-corrected chi connectivity index (χ3v) is 5.08. The fourth-order valence-electron chi connectivity index (χ4n) is 3.62. The van der Waals surface area contributed by atoms with Crippen molar-refractivity contribution in [3.8, 4) is 22.9 Å². The van der Waals surface area contributed by atoms with Crippen molar-refractivity contribution in [2.24, 2.45) is 0 Å². The molecular formula is C20H22ClNO5. The minimum atomic E-state index is -0.113. The van der Waals surface area contributed by atoms with E-state index in [2.05, 4.69) is 4.57 Å². The van der Waals surface area contributed by atoms with Crippen LogP contribution in [0.1, 0.15) is 11.1 Å². The van der Waals surface area contributed by atoms with Crippen LogP contribution in [0.5, 0.6) is 11.6 Å². The number of fused-ring (bicyclic) bond motifs is 3. The molecule has 1 atom stereocenters. The lowest BCUT2D eigenvalue weighted by molar-refractivity contribution is -0.102. The highest BCUT2D eigenvalue weighted by Crippen LogP contribution is 2.35. The maximum Gasteiger partial charge on any atom is 0.197 e. The zero-order valence-electron chi connectivity index (χ0n) is 15.2. The average molecular weight is 392 g/mol. The second kappa shape index (κ2) is 7.92. The number of aryl methyl sites for hydroxylation is 1. The highest BCUT2D eigenvalue weighted by atomic mass is 35.5. The number of nitrogens with zero attached hydrogens (tertiary/aromatic N) is 1. The summed E-state index contributed by atoms with van der Waals surface area (Å²) in [5.74, 6) is 1.31. The van der Waals surface area contributed by atoms with Crippen molar-refractivity contribution in [3.05, 3.63) is 45.6 Å². The molecule has 0 bridgehead atoms. The maximum atomic E-state index is 12.6. The predicted octanol–water partition coefficient (Wildman–Crippen LogP) is 2.75. The smallest absolute Gasteiger partial charge is 0.197 e. The molecule has 4 rings (SSSR count). The highest BCUT2D eigenvalue weighted by molar-refractivity contribution is 6.17. The van der Waals surface area contributed by atoms with E-state index < -0.39 is 0 Å². The topological polar surface area (TPSA) is 58.9 Å². The van der Waals surface area contributed by atoms with E-state index in [4.69, 9.17) is 30.5 Å². The van der Waals surface area contributed by atoms with Gasteiger partial charge in [-0.3, -0.25) is 4.79 Å². The lowest BCUT2D eigenvalue weighted by atomic mass is 9.94. The van der Waals surface area contributed by atoms with Crippen molar-refractivity contribution in [2.45, 2.75) is 26.0 Å². The lowest BCUT2D eigenvalue weighted by Gasteiger charge is -2.28. The minimum absolute atomic E-state index is 0.0361. The summed E-state index contributed by atoms with van der Waals surface area (Å²) in [5, 5.41) is 0. The summed E-state index contributed by atoms with van der Waals surface area (Å²) in [6.45, 7) is 4.63. The molecule has 1 saturated heterocycles. The molecule has 0 N–H and O–H groups in total. The summed E-state index contributed by atoms with van der Waals surface area (Å²) in [6, 6.07) is 7.53. The Morgan fingerprint density at radius 1 is 1.26 bits per heavy atom. The SMILES string of the molecule is Cc1c2n(c(OC[C@@H]3COCCO3)cc1=O)CCc1cc(OCCl)ccc1-2. The van der Waals surface area contributed by atoms with Gasteiger partial charge in [-0.2, -0.15) is 0 Å². The van der Waals surface area contributed by atoms with Gasteiger partial charge in [-0.05, 0) is 37.1 Å². The first-order chi connectivity index (χ1) is 13.2. The van der Waals surface area contributed by atoms with Crippen LogP contribution in [0.4, 0.5) is 0 Å². The normalized spacial score (nSPS) is 18.5. The largest absolute Gasteiger partial charge is 0.478 e. The number of hydrogen-bond acceptors (Lipinski definition) is 5. The van der Waals surface area contributed by atoms with Crippen LogP contribution in [-0.2, 0) is 22.4 Å². The molecule has 0 saturated carbocycles. The third-order valence-electron chi connectivity index (χ3n) is 4.98. The Morgan fingerprint density at radius 2 is 2.15 bits per heavy atom. The Bertz CT molecular complexity index is 889. The van der Waals surface area contributed by atoms with Crippen molar-refractivity contribution in [3.63, 3.8) is 0 Å².